The molecular formula is C29H32N4O4. The van der Waals surface area contributed by atoms with Gasteiger partial charge in [0.05, 0.1) is 7.11 Å². The number of carboxylic acid groups (broad SMARTS) is 1. The second-order valence-electron chi connectivity index (χ2n) is 9.25. The summed E-state index contributed by atoms with van der Waals surface area (Å²) in [5, 5.41) is 15.8. The average Bonchev–Trinajstić information content (AvgIpc) is 3.26. The van der Waals surface area contributed by atoms with Crippen LogP contribution in [0.3, 0.4) is 0 Å². The van der Waals surface area contributed by atoms with Crippen molar-refractivity contribution in [2.24, 2.45) is 5.92 Å². The molecule has 2 aromatic carbocycles. The van der Waals surface area contributed by atoms with E-state index in [-0.39, 0.29) is 5.92 Å². The summed E-state index contributed by atoms with van der Waals surface area (Å²) in [5.41, 5.74) is 5.67. The molecule has 0 saturated carbocycles. The minimum atomic E-state index is -1.05. The fraction of sp³-hybridized carbons (Fsp3) is 0.276. The molecule has 1 amide bonds. The van der Waals surface area contributed by atoms with Crippen molar-refractivity contribution in [1.29, 1.82) is 0 Å². The summed E-state index contributed by atoms with van der Waals surface area (Å²) in [4.78, 5) is 29.6. The lowest BCUT2D eigenvalue weighted by Gasteiger charge is -2.20. The highest BCUT2D eigenvalue weighted by molar-refractivity contribution is 5.97. The number of amides is 1. The third-order valence-corrected chi connectivity index (χ3v) is 6.74. The normalized spacial score (nSPS) is 12.7. The van der Waals surface area contributed by atoms with E-state index in [2.05, 4.69) is 10.6 Å². The number of methoxy groups -OCH3 is 1. The number of carboxylic acids is 1. The zero-order valence-electron chi connectivity index (χ0n) is 21.7. The number of fused-ring (bicyclic) bond motifs is 1. The van der Waals surface area contributed by atoms with Crippen LogP contribution in [0.25, 0.3) is 16.9 Å². The highest BCUT2D eigenvalue weighted by atomic mass is 16.5. The summed E-state index contributed by atoms with van der Waals surface area (Å²) >= 11 is 0. The number of nitrogens with one attached hydrogen (secondary N) is 2. The van der Waals surface area contributed by atoms with Gasteiger partial charge in [-0.15, -0.1) is 0 Å². The van der Waals surface area contributed by atoms with Crippen LogP contribution in [0.1, 0.15) is 41.8 Å². The number of aromatic nitrogens is 2. The van der Waals surface area contributed by atoms with Crippen molar-refractivity contribution in [2.45, 2.75) is 40.2 Å². The second-order valence-corrected chi connectivity index (χ2v) is 9.25. The average molecular weight is 501 g/mol. The van der Waals surface area contributed by atoms with E-state index in [1.54, 1.807) is 25.4 Å². The number of para-hydroxylation sites is 1. The number of hydrogen-bond acceptors (Lipinski definition) is 5. The van der Waals surface area contributed by atoms with Crippen LogP contribution in [0.4, 0.5) is 11.5 Å². The highest BCUT2D eigenvalue weighted by Crippen LogP contribution is 2.34. The Morgan fingerprint density at radius 3 is 2.35 bits per heavy atom. The Kier molecular flexibility index (Phi) is 7.47. The lowest BCUT2D eigenvalue weighted by Crippen LogP contribution is -2.45. The van der Waals surface area contributed by atoms with Crippen LogP contribution in [-0.4, -0.2) is 39.5 Å². The minimum absolute atomic E-state index is 0.202. The van der Waals surface area contributed by atoms with Gasteiger partial charge in [-0.1, -0.05) is 38.5 Å². The number of carbonyl (C=O) groups excluding carboxylic acids is 1. The van der Waals surface area contributed by atoms with Gasteiger partial charge in [0.15, 0.2) is 0 Å². The first-order valence-electron chi connectivity index (χ1n) is 12.3. The molecule has 0 aliphatic heterocycles. The van der Waals surface area contributed by atoms with Crippen molar-refractivity contribution in [2.75, 3.05) is 12.4 Å². The molecule has 37 heavy (non-hydrogen) atoms. The number of hydrogen-bond donors (Lipinski definition) is 3. The predicted molar refractivity (Wildman–Crippen MR) is 145 cm³/mol. The Balaban J connectivity index is 1.79. The number of ether oxygens (including phenoxy) is 1. The number of benzene rings is 2. The maximum Gasteiger partial charge on any atom is 0.326 e. The molecular weight excluding hydrogens is 468 g/mol. The fourth-order valence-corrected chi connectivity index (χ4v) is 4.29. The molecule has 0 radical (unpaired) electrons. The summed E-state index contributed by atoms with van der Waals surface area (Å²) in [7, 11) is 1.62. The number of nitrogens with zero attached hydrogens (tertiary/aromatic N) is 2. The van der Waals surface area contributed by atoms with Gasteiger partial charge in [-0.2, -0.15) is 0 Å². The van der Waals surface area contributed by atoms with Crippen molar-refractivity contribution in [3.05, 3.63) is 77.5 Å². The molecule has 2 unspecified atom stereocenters. The Morgan fingerprint density at radius 1 is 1.08 bits per heavy atom. The van der Waals surface area contributed by atoms with Gasteiger partial charge in [-0.3, -0.25) is 9.20 Å². The van der Waals surface area contributed by atoms with E-state index in [1.807, 2.05) is 74.6 Å². The summed E-state index contributed by atoms with van der Waals surface area (Å²) in [6.45, 7) is 7.80. The third kappa shape index (κ3) is 5.28. The van der Waals surface area contributed by atoms with Crippen LogP contribution < -0.4 is 15.4 Å². The number of aryl methyl sites for hydroxylation is 2. The number of pyridine rings is 1. The van der Waals surface area contributed by atoms with Crippen molar-refractivity contribution in [1.82, 2.24) is 14.7 Å². The molecule has 8 heteroatoms. The zero-order chi connectivity index (χ0) is 26.7. The molecule has 0 aliphatic carbocycles. The lowest BCUT2D eigenvalue weighted by molar-refractivity contribution is -0.140. The Hall–Kier alpha value is -4.33. The molecule has 4 rings (SSSR count). The van der Waals surface area contributed by atoms with Crippen LogP contribution in [0.5, 0.6) is 5.75 Å². The maximum atomic E-state index is 13.0. The standard InChI is InChI=1S/C29H32N4O4/c1-6-17(2)25(29(35)36)32-28(34)21-14-15-33-23(16-21)30-26(20-10-12-22(37-5)13-11-20)27(33)31-24-18(3)8-7-9-19(24)4/h7-17,25,31H,6H2,1-5H3,(H,32,34)(H,35,36). The molecule has 0 bridgehead atoms. The number of imidazole rings is 1. The molecule has 0 spiro atoms. The van der Waals surface area contributed by atoms with Crippen LogP contribution in [-0.2, 0) is 4.79 Å². The van der Waals surface area contributed by atoms with Crippen LogP contribution in [0.2, 0.25) is 0 Å². The van der Waals surface area contributed by atoms with Gasteiger partial charge in [-0.05, 0) is 67.3 Å². The lowest BCUT2D eigenvalue weighted by atomic mass is 9.99. The monoisotopic (exact) mass is 500 g/mol. The van der Waals surface area contributed by atoms with Crippen LogP contribution in [0, 0.1) is 19.8 Å². The summed E-state index contributed by atoms with van der Waals surface area (Å²) < 4.78 is 7.20. The van der Waals surface area contributed by atoms with Crippen LogP contribution in [0.15, 0.2) is 60.8 Å². The van der Waals surface area contributed by atoms with Gasteiger partial charge < -0.3 is 20.5 Å². The molecule has 192 valence electrons. The van der Waals surface area contributed by atoms with E-state index in [0.717, 1.165) is 33.9 Å². The van der Waals surface area contributed by atoms with E-state index in [0.29, 0.717) is 23.3 Å². The Bertz CT molecular complexity index is 1420. The van der Waals surface area contributed by atoms with Gasteiger partial charge in [0.1, 0.15) is 29.0 Å². The smallest absolute Gasteiger partial charge is 0.326 e. The molecule has 0 fully saturated rings. The predicted octanol–water partition coefficient (Wildman–Crippen LogP) is 5.60. The van der Waals surface area contributed by atoms with Crippen LogP contribution >= 0.6 is 0 Å². The maximum absolute atomic E-state index is 13.0. The van der Waals surface area contributed by atoms with E-state index in [9.17, 15) is 14.7 Å². The fourth-order valence-electron chi connectivity index (χ4n) is 4.29. The van der Waals surface area contributed by atoms with E-state index in [4.69, 9.17) is 9.72 Å². The number of carbonyl (C=O) groups is 2. The number of aliphatic carboxylic acids is 1. The van der Waals surface area contributed by atoms with Gasteiger partial charge in [0.25, 0.3) is 5.91 Å². The van der Waals surface area contributed by atoms with Gasteiger partial charge in [-0.25, -0.2) is 9.78 Å². The van der Waals surface area contributed by atoms with Crippen molar-refractivity contribution < 1.29 is 19.4 Å². The second kappa shape index (κ2) is 10.7. The number of anilines is 2. The molecule has 2 atom stereocenters. The largest absolute Gasteiger partial charge is 0.497 e. The SMILES string of the molecule is CCC(C)C(NC(=O)c1ccn2c(Nc3c(C)cccc3C)c(-c3ccc(OC)cc3)nc2c1)C(=O)O. The summed E-state index contributed by atoms with van der Waals surface area (Å²) in [6.07, 6.45) is 2.41. The molecule has 3 N–H and O–H groups in total. The van der Waals surface area contributed by atoms with E-state index in [1.165, 1.54) is 0 Å². The van der Waals surface area contributed by atoms with Crippen molar-refractivity contribution >= 4 is 29.0 Å². The van der Waals surface area contributed by atoms with Crippen molar-refractivity contribution in [3.63, 3.8) is 0 Å². The first-order valence-corrected chi connectivity index (χ1v) is 12.3. The van der Waals surface area contributed by atoms with E-state index < -0.39 is 17.9 Å². The number of rotatable bonds is 9. The summed E-state index contributed by atoms with van der Waals surface area (Å²) in [6, 6.07) is 16.1. The first-order chi connectivity index (χ1) is 17.7. The summed E-state index contributed by atoms with van der Waals surface area (Å²) in [5.74, 6) is -0.205. The first kappa shape index (κ1) is 25.8. The molecule has 0 saturated heterocycles. The highest BCUT2D eigenvalue weighted by Gasteiger charge is 2.26. The van der Waals surface area contributed by atoms with Crippen molar-refractivity contribution in [3.8, 4) is 17.0 Å². The molecule has 4 aromatic rings. The molecule has 2 heterocycles. The quantitative estimate of drug-likeness (QED) is 0.276. The molecule has 8 nitrogen and oxygen atoms in total. The molecule has 0 aliphatic rings. The third-order valence-electron chi connectivity index (χ3n) is 6.74. The zero-order valence-corrected chi connectivity index (χ0v) is 21.7. The Morgan fingerprint density at radius 2 is 1.76 bits per heavy atom. The van der Waals surface area contributed by atoms with Gasteiger partial charge in [0.2, 0.25) is 0 Å². The van der Waals surface area contributed by atoms with E-state index >= 15 is 0 Å². The van der Waals surface area contributed by atoms with Gasteiger partial charge >= 0.3 is 5.97 Å². The molecule has 2 aromatic heterocycles. The Labute approximate surface area is 216 Å². The minimum Gasteiger partial charge on any atom is -0.497 e. The van der Waals surface area contributed by atoms with Gasteiger partial charge in [0, 0.05) is 23.0 Å². The topological polar surface area (TPSA) is 105 Å².